The molecular weight excluding hydrogens is 273 g/mol. The van der Waals surface area contributed by atoms with Gasteiger partial charge in [-0.15, -0.1) is 0 Å². The van der Waals surface area contributed by atoms with Crippen molar-refractivity contribution in [2.45, 2.75) is 24.2 Å². The second kappa shape index (κ2) is 5.26. The Morgan fingerprint density at radius 2 is 2.11 bits per heavy atom. The van der Waals surface area contributed by atoms with Crippen LogP contribution in [0.4, 0.5) is 4.39 Å². The molecule has 0 aromatic heterocycles. The summed E-state index contributed by atoms with van der Waals surface area (Å²) >= 11 is 0. The lowest BCUT2D eigenvalue weighted by molar-refractivity contribution is 0.0691. The molecule has 2 N–H and O–H groups in total. The maximum absolute atomic E-state index is 13.2. The fourth-order valence-corrected chi connectivity index (χ4v) is 2.99. The van der Waals surface area contributed by atoms with E-state index in [1.165, 1.54) is 0 Å². The molecule has 0 spiro atoms. The first-order valence-electron chi connectivity index (χ1n) is 5.92. The molecule has 0 radical (unpaired) electrons. The summed E-state index contributed by atoms with van der Waals surface area (Å²) in [6.07, 6.45) is 3.09. The number of aromatic carboxylic acids is 1. The molecule has 1 aromatic carbocycles. The lowest BCUT2D eigenvalue weighted by atomic mass is 9.86. The van der Waals surface area contributed by atoms with Crippen LogP contribution in [-0.2, 0) is 10.0 Å². The van der Waals surface area contributed by atoms with Gasteiger partial charge in [0.05, 0.1) is 10.5 Å². The summed E-state index contributed by atoms with van der Waals surface area (Å²) in [5, 5.41) is 8.77. The number of hydrogen-bond acceptors (Lipinski definition) is 3. The molecule has 1 fully saturated rings. The average Bonchev–Trinajstić information content (AvgIpc) is 2.26. The molecule has 1 aromatic rings. The van der Waals surface area contributed by atoms with Crippen molar-refractivity contribution >= 4 is 16.0 Å². The number of benzene rings is 1. The van der Waals surface area contributed by atoms with Crippen LogP contribution in [0.3, 0.4) is 0 Å². The van der Waals surface area contributed by atoms with E-state index in [9.17, 15) is 17.6 Å². The molecule has 2 rings (SSSR count). The van der Waals surface area contributed by atoms with E-state index in [0.29, 0.717) is 12.5 Å². The van der Waals surface area contributed by atoms with Gasteiger partial charge < -0.3 is 5.11 Å². The van der Waals surface area contributed by atoms with E-state index >= 15 is 0 Å². The van der Waals surface area contributed by atoms with Crippen molar-refractivity contribution in [1.82, 2.24) is 4.72 Å². The third kappa shape index (κ3) is 3.10. The molecule has 1 aliphatic rings. The van der Waals surface area contributed by atoms with Crippen molar-refractivity contribution in [2.75, 3.05) is 6.54 Å². The van der Waals surface area contributed by atoms with Crippen molar-refractivity contribution in [3.8, 4) is 0 Å². The number of carboxylic acids is 1. The number of halogens is 1. The zero-order valence-corrected chi connectivity index (χ0v) is 10.9. The highest BCUT2D eigenvalue weighted by molar-refractivity contribution is 7.89. The van der Waals surface area contributed by atoms with Gasteiger partial charge in [0.2, 0.25) is 10.0 Å². The van der Waals surface area contributed by atoms with Gasteiger partial charge in [-0.3, -0.25) is 0 Å². The van der Waals surface area contributed by atoms with Crippen LogP contribution in [0.25, 0.3) is 0 Å². The van der Waals surface area contributed by atoms with Crippen LogP contribution >= 0.6 is 0 Å². The standard InChI is InChI=1S/C12H14FNO4S/c13-11-5-4-9(6-10(11)12(15)16)19(17,18)14-7-8-2-1-3-8/h4-6,8,14H,1-3,7H2,(H,15,16). The third-order valence-electron chi connectivity index (χ3n) is 3.27. The van der Waals surface area contributed by atoms with Gasteiger partial charge >= 0.3 is 5.97 Å². The van der Waals surface area contributed by atoms with Gasteiger partial charge in [0, 0.05) is 6.54 Å². The van der Waals surface area contributed by atoms with Crippen LogP contribution in [0, 0.1) is 11.7 Å². The minimum absolute atomic E-state index is 0.231. The van der Waals surface area contributed by atoms with Crippen LogP contribution in [0.2, 0.25) is 0 Å². The van der Waals surface area contributed by atoms with E-state index in [1.807, 2.05) is 0 Å². The SMILES string of the molecule is O=C(O)c1cc(S(=O)(=O)NCC2CCC2)ccc1F. The van der Waals surface area contributed by atoms with Crippen LogP contribution in [0.5, 0.6) is 0 Å². The zero-order valence-electron chi connectivity index (χ0n) is 10.1. The van der Waals surface area contributed by atoms with Crippen LogP contribution in [0.1, 0.15) is 29.6 Å². The van der Waals surface area contributed by atoms with Crippen LogP contribution in [0.15, 0.2) is 23.1 Å². The first-order valence-corrected chi connectivity index (χ1v) is 7.41. The Hall–Kier alpha value is -1.47. The minimum Gasteiger partial charge on any atom is -0.478 e. The molecule has 5 nitrogen and oxygen atoms in total. The predicted octanol–water partition coefficient (Wildman–Crippen LogP) is 1.60. The molecule has 0 bridgehead atoms. The van der Waals surface area contributed by atoms with Gasteiger partial charge in [0.15, 0.2) is 0 Å². The van der Waals surface area contributed by atoms with Crippen LogP contribution < -0.4 is 4.72 Å². The molecule has 1 saturated carbocycles. The van der Waals surface area contributed by atoms with E-state index in [4.69, 9.17) is 5.11 Å². The highest BCUT2D eigenvalue weighted by Crippen LogP contribution is 2.26. The molecule has 0 atom stereocenters. The second-order valence-corrected chi connectivity index (χ2v) is 6.36. The fourth-order valence-electron chi connectivity index (χ4n) is 1.84. The summed E-state index contributed by atoms with van der Waals surface area (Å²) in [6, 6.07) is 2.74. The monoisotopic (exact) mass is 287 g/mol. The largest absolute Gasteiger partial charge is 0.478 e. The lowest BCUT2D eigenvalue weighted by Gasteiger charge is -2.25. The molecule has 104 valence electrons. The zero-order chi connectivity index (χ0) is 14.0. The van der Waals surface area contributed by atoms with Gasteiger partial charge in [-0.25, -0.2) is 22.3 Å². The van der Waals surface area contributed by atoms with Gasteiger partial charge in [-0.2, -0.15) is 0 Å². The van der Waals surface area contributed by atoms with Gasteiger partial charge in [-0.1, -0.05) is 6.42 Å². The van der Waals surface area contributed by atoms with Crippen molar-refractivity contribution in [3.05, 3.63) is 29.6 Å². The number of nitrogens with one attached hydrogen (secondary N) is 1. The number of sulfonamides is 1. The Kier molecular flexibility index (Phi) is 3.86. The quantitative estimate of drug-likeness (QED) is 0.861. The van der Waals surface area contributed by atoms with Crippen molar-refractivity contribution in [2.24, 2.45) is 5.92 Å². The maximum atomic E-state index is 13.2. The second-order valence-electron chi connectivity index (χ2n) is 4.60. The summed E-state index contributed by atoms with van der Waals surface area (Å²) in [4.78, 5) is 10.5. The number of carbonyl (C=O) groups is 1. The maximum Gasteiger partial charge on any atom is 0.338 e. The normalized spacial score (nSPS) is 16.1. The average molecular weight is 287 g/mol. The van der Waals surface area contributed by atoms with Crippen molar-refractivity contribution < 1.29 is 22.7 Å². The number of carboxylic acid groups (broad SMARTS) is 1. The minimum atomic E-state index is -3.78. The number of rotatable bonds is 5. The van der Waals surface area contributed by atoms with Gasteiger partial charge in [-0.05, 0) is 37.0 Å². The summed E-state index contributed by atoms with van der Waals surface area (Å²) in [5.41, 5.74) is -0.647. The highest BCUT2D eigenvalue weighted by atomic mass is 32.2. The van der Waals surface area contributed by atoms with E-state index < -0.39 is 27.4 Å². The van der Waals surface area contributed by atoms with Gasteiger partial charge in [0.1, 0.15) is 5.82 Å². The molecule has 7 heteroatoms. The molecule has 0 saturated heterocycles. The molecular formula is C12H14FNO4S. The Labute approximate surface area is 110 Å². The van der Waals surface area contributed by atoms with E-state index in [2.05, 4.69) is 4.72 Å². The van der Waals surface area contributed by atoms with Gasteiger partial charge in [0.25, 0.3) is 0 Å². The third-order valence-corrected chi connectivity index (χ3v) is 4.69. The Morgan fingerprint density at radius 3 is 2.63 bits per heavy atom. The molecule has 0 heterocycles. The van der Waals surface area contributed by atoms with Crippen LogP contribution in [-0.4, -0.2) is 26.0 Å². The number of hydrogen-bond donors (Lipinski definition) is 2. The van der Waals surface area contributed by atoms with E-state index in [1.54, 1.807) is 0 Å². The Bertz CT molecular complexity index is 596. The molecule has 0 unspecified atom stereocenters. The van der Waals surface area contributed by atoms with Crippen molar-refractivity contribution in [1.29, 1.82) is 0 Å². The molecule has 0 amide bonds. The van der Waals surface area contributed by atoms with E-state index in [-0.39, 0.29) is 4.90 Å². The predicted molar refractivity (Wildman–Crippen MR) is 65.9 cm³/mol. The first kappa shape index (κ1) is 14.0. The van der Waals surface area contributed by atoms with Crippen molar-refractivity contribution in [3.63, 3.8) is 0 Å². The lowest BCUT2D eigenvalue weighted by Crippen LogP contribution is -2.32. The fraction of sp³-hybridized carbons (Fsp3) is 0.417. The molecule has 19 heavy (non-hydrogen) atoms. The summed E-state index contributed by atoms with van der Waals surface area (Å²) in [7, 11) is -3.78. The smallest absolute Gasteiger partial charge is 0.338 e. The first-order chi connectivity index (χ1) is 8.90. The molecule has 0 aliphatic heterocycles. The molecule has 1 aliphatic carbocycles. The Balaban J connectivity index is 2.19. The summed E-state index contributed by atoms with van der Waals surface area (Å²) < 4.78 is 39.5. The van der Waals surface area contributed by atoms with E-state index in [0.717, 1.165) is 37.5 Å². The highest BCUT2D eigenvalue weighted by Gasteiger charge is 2.22. The summed E-state index contributed by atoms with van der Waals surface area (Å²) in [6.45, 7) is 0.335. The topological polar surface area (TPSA) is 83.5 Å². The Morgan fingerprint density at radius 1 is 1.42 bits per heavy atom. The summed E-state index contributed by atoms with van der Waals surface area (Å²) in [5.74, 6) is -2.10.